The van der Waals surface area contributed by atoms with Gasteiger partial charge in [0.15, 0.2) is 0 Å². The van der Waals surface area contributed by atoms with Gasteiger partial charge in [-0.25, -0.2) is 0 Å². The topological polar surface area (TPSA) is 0 Å². The van der Waals surface area contributed by atoms with Gasteiger partial charge in [-0.2, -0.15) is 13.2 Å². The normalized spacial score (nSPS) is 42.0. The maximum absolute atomic E-state index is 12.5. The van der Waals surface area contributed by atoms with Crippen molar-refractivity contribution in [2.24, 2.45) is 23.7 Å². The molecule has 0 aromatic carbocycles. The van der Waals surface area contributed by atoms with Gasteiger partial charge in [-0.05, 0) is 30.6 Å². The van der Waals surface area contributed by atoms with Crippen LogP contribution in [-0.4, -0.2) is 6.18 Å². The number of hydrogen-bond donors (Lipinski definition) is 0. The fraction of sp³-hybridized carbons (Fsp3) is 1.00. The summed E-state index contributed by atoms with van der Waals surface area (Å²) < 4.78 is 37.6. The Morgan fingerprint density at radius 1 is 1.00 bits per heavy atom. The minimum atomic E-state index is -4.00. The lowest BCUT2D eigenvalue weighted by Gasteiger charge is -2.38. The van der Waals surface area contributed by atoms with Gasteiger partial charge in [-0.15, -0.1) is 0 Å². The molecule has 0 spiro atoms. The third-order valence-corrected chi connectivity index (χ3v) is 3.38. The molecule has 0 bridgehead atoms. The molecule has 0 aromatic heterocycles. The molecule has 3 heteroatoms. The van der Waals surface area contributed by atoms with Crippen LogP contribution in [0.25, 0.3) is 0 Å². The van der Waals surface area contributed by atoms with E-state index in [9.17, 15) is 13.2 Å². The van der Waals surface area contributed by atoms with Crippen molar-refractivity contribution in [3.05, 3.63) is 0 Å². The minimum absolute atomic E-state index is 0.204. The molecule has 1 fully saturated rings. The van der Waals surface area contributed by atoms with Crippen LogP contribution in [0.3, 0.4) is 0 Å². The first-order chi connectivity index (χ1) is 5.82. The van der Waals surface area contributed by atoms with Crippen LogP contribution in [0.5, 0.6) is 0 Å². The first kappa shape index (κ1) is 10.9. The summed E-state index contributed by atoms with van der Waals surface area (Å²) in [5, 5.41) is 0. The van der Waals surface area contributed by atoms with E-state index in [1.54, 1.807) is 6.92 Å². The molecule has 1 saturated carbocycles. The first-order valence-corrected chi connectivity index (χ1v) is 4.89. The summed E-state index contributed by atoms with van der Waals surface area (Å²) in [5.41, 5.74) is 0. The zero-order valence-corrected chi connectivity index (χ0v) is 8.36. The molecule has 0 aliphatic heterocycles. The smallest absolute Gasteiger partial charge is 0.171 e. The Morgan fingerprint density at radius 2 is 1.54 bits per heavy atom. The number of alkyl halides is 3. The van der Waals surface area contributed by atoms with Crippen LogP contribution in [0.2, 0.25) is 0 Å². The fourth-order valence-corrected chi connectivity index (χ4v) is 2.42. The van der Waals surface area contributed by atoms with Gasteiger partial charge in [0, 0.05) is 0 Å². The summed E-state index contributed by atoms with van der Waals surface area (Å²) in [7, 11) is 0. The maximum atomic E-state index is 12.5. The SMILES string of the molecule is CC1CC(C)[C@H](C)C(C(F)(F)F)C1. The second-order valence-electron chi connectivity index (χ2n) is 4.56. The molecule has 0 radical (unpaired) electrons. The Bertz CT molecular complexity index is 173. The van der Waals surface area contributed by atoms with Gasteiger partial charge in [0.1, 0.15) is 0 Å². The zero-order chi connectivity index (χ0) is 10.2. The molecule has 1 aliphatic rings. The Kier molecular flexibility index (Phi) is 2.93. The van der Waals surface area contributed by atoms with Crippen LogP contribution >= 0.6 is 0 Å². The van der Waals surface area contributed by atoms with Crippen molar-refractivity contribution >= 4 is 0 Å². The van der Waals surface area contributed by atoms with Gasteiger partial charge in [-0.3, -0.25) is 0 Å². The van der Waals surface area contributed by atoms with Gasteiger partial charge >= 0.3 is 6.18 Å². The fourth-order valence-electron chi connectivity index (χ4n) is 2.42. The molecule has 0 heterocycles. The Morgan fingerprint density at radius 3 is 2.00 bits per heavy atom. The highest BCUT2D eigenvalue weighted by Crippen LogP contribution is 2.45. The van der Waals surface area contributed by atoms with Crippen LogP contribution in [0, 0.1) is 23.7 Å². The highest BCUT2D eigenvalue weighted by molar-refractivity contribution is 4.84. The Hall–Kier alpha value is -0.210. The van der Waals surface area contributed by atoms with E-state index in [-0.39, 0.29) is 17.8 Å². The van der Waals surface area contributed by atoms with Crippen LogP contribution < -0.4 is 0 Å². The largest absolute Gasteiger partial charge is 0.392 e. The van der Waals surface area contributed by atoms with Crippen molar-refractivity contribution in [1.29, 1.82) is 0 Å². The average molecular weight is 194 g/mol. The summed E-state index contributed by atoms with van der Waals surface area (Å²) in [6.07, 6.45) is -2.74. The molecule has 13 heavy (non-hydrogen) atoms. The van der Waals surface area contributed by atoms with Crippen LogP contribution in [-0.2, 0) is 0 Å². The van der Waals surface area contributed by atoms with Crippen molar-refractivity contribution in [1.82, 2.24) is 0 Å². The lowest BCUT2D eigenvalue weighted by Crippen LogP contribution is -2.37. The molecular weight excluding hydrogens is 177 g/mol. The summed E-state index contributed by atoms with van der Waals surface area (Å²) in [4.78, 5) is 0. The Labute approximate surface area is 77.5 Å². The van der Waals surface area contributed by atoms with E-state index in [1.807, 2.05) is 13.8 Å². The monoisotopic (exact) mass is 194 g/mol. The van der Waals surface area contributed by atoms with Crippen molar-refractivity contribution < 1.29 is 13.2 Å². The van der Waals surface area contributed by atoms with Gasteiger partial charge in [0.05, 0.1) is 5.92 Å². The molecule has 1 rings (SSSR count). The second-order valence-corrected chi connectivity index (χ2v) is 4.56. The molecule has 0 nitrogen and oxygen atoms in total. The lowest BCUT2D eigenvalue weighted by molar-refractivity contribution is -0.204. The maximum Gasteiger partial charge on any atom is 0.392 e. The molecule has 3 unspecified atom stereocenters. The van der Waals surface area contributed by atoms with Gasteiger partial charge in [0.25, 0.3) is 0 Å². The van der Waals surface area contributed by atoms with Crippen LogP contribution in [0.1, 0.15) is 33.6 Å². The molecule has 1 aliphatic carbocycles. The predicted molar refractivity (Wildman–Crippen MR) is 46.3 cm³/mol. The second kappa shape index (κ2) is 3.50. The van der Waals surface area contributed by atoms with Gasteiger partial charge in [-0.1, -0.05) is 20.8 Å². The summed E-state index contributed by atoms with van der Waals surface area (Å²) in [6, 6.07) is 0. The zero-order valence-electron chi connectivity index (χ0n) is 8.36. The number of halogens is 3. The summed E-state index contributed by atoms with van der Waals surface area (Å²) >= 11 is 0. The Balaban J connectivity index is 2.72. The molecule has 0 N–H and O–H groups in total. The predicted octanol–water partition coefficient (Wildman–Crippen LogP) is 3.87. The molecule has 0 amide bonds. The summed E-state index contributed by atoms with van der Waals surface area (Å²) in [5.74, 6) is -0.865. The van der Waals surface area contributed by atoms with Crippen LogP contribution in [0.15, 0.2) is 0 Å². The molecular formula is C10H17F3. The lowest BCUT2D eigenvalue weighted by atomic mass is 9.69. The standard InChI is InChI=1S/C10H17F3/c1-6-4-7(2)8(3)9(5-6)10(11,12)13/h6-9H,4-5H2,1-3H3/t6?,7?,8-,9?/m0/s1. The average Bonchev–Trinajstić information content (AvgIpc) is 1.94. The highest BCUT2D eigenvalue weighted by Gasteiger charge is 2.47. The van der Waals surface area contributed by atoms with Crippen molar-refractivity contribution in [3.63, 3.8) is 0 Å². The number of hydrogen-bond acceptors (Lipinski definition) is 0. The third kappa shape index (κ3) is 2.38. The minimum Gasteiger partial charge on any atom is -0.171 e. The molecule has 78 valence electrons. The molecule has 4 atom stereocenters. The quantitative estimate of drug-likeness (QED) is 0.549. The van der Waals surface area contributed by atoms with E-state index in [0.29, 0.717) is 6.42 Å². The molecule has 0 aromatic rings. The van der Waals surface area contributed by atoms with Gasteiger partial charge < -0.3 is 0 Å². The van der Waals surface area contributed by atoms with Crippen molar-refractivity contribution in [2.75, 3.05) is 0 Å². The first-order valence-electron chi connectivity index (χ1n) is 4.89. The highest BCUT2D eigenvalue weighted by atomic mass is 19.4. The van der Waals surface area contributed by atoms with E-state index in [2.05, 4.69) is 0 Å². The van der Waals surface area contributed by atoms with E-state index >= 15 is 0 Å². The van der Waals surface area contributed by atoms with E-state index in [1.165, 1.54) is 0 Å². The number of rotatable bonds is 0. The van der Waals surface area contributed by atoms with E-state index in [0.717, 1.165) is 6.42 Å². The van der Waals surface area contributed by atoms with Gasteiger partial charge in [0.2, 0.25) is 0 Å². The van der Waals surface area contributed by atoms with E-state index in [4.69, 9.17) is 0 Å². The van der Waals surface area contributed by atoms with E-state index < -0.39 is 12.1 Å². The van der Waals surface area contributed by atoms with Crippen molar-refractivity contribution in [3.8, 4) is 0 Å². The van der Waals surface area contributed by atoms with Crippen LogP contribution in [0.4, 0.5) is 13.2 Å². The molecule has 0 saturated heterocycles. The third-order valence-electron chi connectivity index (χ3n) is 3.38. The van der Waals surface area contributed by atoms with Crippen molar-refractivity contribution in [2.45, 2.75) is 39.8 Å². The summed E-state index contributed by atoms with van der Waals surface area (Å²) in [6.45, 7) is 5.58.